The molecule has 1 N–H and O–H groups in total. The van der Waals surface area contributed by atoms with Gasteiger partial charge in [-0.3, -0.25) is 0 Å². The summed E-state index contributed by atoms with van der Waals surface area (Å²) in [5, 5.41) is 3.95. The van der Waals surface area contributed by atoms with E-state index < -0.39 is 0 Å². The Balaban J connectivity index is 2.54. The molecule has 0 aliphatic heterocycles. The fourth-order valence-corrected chi connectivity index (χ4v) is 2.02. The Morgan fingerprint density at radius 2 is 2.00 bits per heavy atom. The van der Waals surface area contributed by atoms with Crippen LogP contribution in [0.4, 0.5) is 5.82 Å². The molecule has 0 amide bonds. The second-order valence-electron chi connectivity index (χ2n) is 5.51. The smallest absolute Gasteiger partial charge is 0.137 e. The summed E-state index contributed by atoms with van der Waals surface area (Å²) in [5.74, 6) is 1.70. The molecule has 1 heterocycles. The predicted molar refractivity (Wildman–Crippen MR) is 86.6 cm³/mol. The van der Waals surface area contributed by atoms with Crippen molar-refractivity contribution < 1.29 is 0 Å². The monoisotopic (exact) mass is 298 g/mol. The average molecular weight is 299 g/mol. The van der Waals surface area contributed by atoms with Gasteiger partial charge in [-0.05, 0) is 47.2 Å². The maximum Gasteiger partial charge on any atom is 0.137 e. The molecule has 0 bridgehead atoms. The molecule has 0 aromatic carbocycles. The number of rotatable bonds is 8. The van der Waals surface area contributed by atoms with Crippen molar-refractivity contribution in [3.8, 4) is 0 Å². The Morgan fingerprint density at radius 3 is 2.60 bits per heavy atom. The quantitative estimate of drug-likeness (QED) is 0.589. The van der Waals surface area contributed by atoms with Gasteiger partial charge in [0, 0.05) is 24.6 Å². The van der Waals surface area contributed by atoms with E-state index in [1.165, 1.54) is 0 Å². The number of halogens is 1. The van der Waals surface area contributed by atoms with Crippen LogP contribution < -0.4 is 5.32 Å². The van der Waals surface area contributed by atoms with Crippen LogP contribution in [0.3, 0.4) is 0 Å². The Morgan fingerprint density at radius 1 is 1.30 bits per heavy atom. The van der Waals surface area contributed by atoms with Gasteiger partial charge in [-0.2, -0.15) is 0 Å². The van der Waals surface area contributed by atoms with Crippen LogP contribution >= 0.6 is 11.6 Å². The van der Waals surface area contributed by atoms with Gasteiger partial charge in [-0.1, -0.05) is 18.5 Å². The van der Waals surface area contributed by atoms with Gasteiger partial charge in [0.15, 0.2) is 0 Å². The van der Waals surface area contributed by atoms with E-state index >= 15 is 0 Å². The maximum absolute atomic E-state index is 6.16. The van der Waals surface area contributed by atoms with Gasteiger partial charge < -0.3 is 10.2 Å². The van der Waals surface area contributed by atoms with E-state index in [-0.39, 0.29) is 0 Å². The molecule has 0 spiro atoms. The molecule has 0 aliphatic carbocycles. The summed E-state index contributed by atoms with van der Waals surface area (Å²) in [7, 11) is 2.15. The molecule has 0 saturated heterocycles. The number of hydrogen-bond acceptors (Lipinski definition) is 4. The van der Waals surface area contributed by atoms with E-state index in [1.807, 2.05) is 6.92 Å². The first-order valence-corrected chi connectivity index (χ1v) is 7.80. The lowest BCUT2D eigenvalue weighted by atomic mass is 10.2. The normalized spacial score (nSPS) is 11.4. The zero-order chi connectivity index (χ0) is 15.1. The van der Waals surface area contributed by atoms with Crippen molar-refractivity contribution in [2.24, 2.45) is 0 Å². The summed E-state index contributed by atoms with van der Waals surface area (Å²) in [5.41, 5.74) is 0.934. The summed E-state index contributed by atoms with van der Waals surface area (Å²) in [6.07, 6.45) is 2.97. The van der Waals surface area contributed by atoms with Gasteiger partial charge in [-0.25, -0.2) is 9.97 Å². The zero-order valence-electron chi connectivity index (χ0n) is 13.3. The molecule has 1 aromatic heterocycles. The minimum atomic E-state index is 0.560. The van der Waals surface area contributed by atoms with Gasteiger partial charge in [0.25, 0.3) is 0 Å². The lowest BCUT2D eigenvalue weighted by molar-refractivity contribution is 0.273. The number of nitrogens with one attached hydrogen (secondary N) is 1. The van der Waals surface area contributed by atoms with Crippen LogP contribution in [-0.4, -0.2) is 41.0 Å². The van der Waals surface area contributed by atoms with Crippen LogP contribution in [0.2, 0.25) is 5.15 Å². The highest BCUT2D eigenvalue weighted by Crippen LogP contribution is 2.20. The first kappa shape index (κ1) is 17.2. The number of aromatic nitrogens is 2. The molecular weight excluding hydrogens is 272 g/mol. The summed E-state index contributed by atoms with van der Waals surface area (Å²) in [6.45, 7) is 10.5. The highest BCUT2D eigenvalue weighted by atomic mass is 35.5. The number of aryl methyl sites for hydroxylation is 1. The third-order valence-corrected chi connectivity index (χ3v) is 3.84. The lowest BCUT2D eigenvalue weighted by Crippen LogP contribution is -2.28. The molecule has 114 valence electrons. The van der Waals surface area contributed by atoms with Crippen LogP contribution in [0.15, 0.2) is 0 Å². The maximum atomic E-state index is 6.16. The SMILES string of the molecule is CCCc1nc(Cl)c(C)c(NCCCN(C)C(C)C)n1. The van der Waals surface area contributed by atoms with Gasteiger partial charge in [-0.15, -0.1) is 0 Å². The summed E-state index contributed by atoms with van der Waals surface area (Å²) in [6, 6.07) is 0.585. The molecular formula is C15H27ClN4. The largest absolute Gasteiger partial charge is 0.370 e. The highest BCUT2D eigenvalue weighted by molar-refractivity contribution is 6.30. The minimum absolute atomic E-state index is 0.560. The fourth-order valence-electron chi connectivity index (χ4n) is 1.83. The van der Waals surface area contributed by atoms with Gasteiger partial charge in [0.05, 0.1) is 0 Å². The topological polar surface area (TPSA) is 41.1 Å². The summed E-state index contributed by atoms with van der Waals surface area (Å²) < 4.78 is 0. The van der Waals surface area contributed by atoms with Gasteiger partial charge in [0.2, 0.25) is 0 Å². The number of anilines is 1. The first-order chi connectivity index (χ1) is 9.45. The molecule has 1 aromatic rings. The van der Waals surface area contributed by atoms with Crippen LogP contribution in [0, 0.1) is 6.92 Å². The van der Waals surface area contributed by atoms with Crippen molar-refractivity contribution in [3.63, 3.8) is 0 Å². The summed E-state index contributed by atoms with van der Waals surface area (Å²) >= 11 is 6.16. The predicted octanol–water partition coefficient (Wildman–Crippen LogP) is 3.53. The zero-order valence-corrected chi connectivity index (χ0v) is 14.1. The Labute approximate surface area is 127 Å². The Hall–Kier alpha value is -0.870. The molecule has 0 fully saturated rings. The van der Waals surface area contributed by atoms with E-state index in [9.17, 15) is 0 Å². The highest BCUT2D eigenvalue weighted by Gasteiger charge is 2.09. The van der Waals surface area contributed by atoms with E-state index in [4.69, 9.17) is 11.6 Å². The first-order valence-electron chi connectivity index (χ1n) is 7.42. The van der Waals surface area contributed by atoms with Crippen molar-refractivity contribution in [3.05, 3.63) is 16.5 Å². The van der Waals surface area contributed by atoms with Crippen LogP contribution in [0.1, 0.15) is 45.0 Å². The van der Waals surface area contributed by atoms with Crippen molar-refractivity contribution >= 4 is 17.4 Å². The van der Waals surface area contributed by atoms with Crippen LogP contribution in [0.5, 0.6) is 0 Å². The van der Waals surface area contributed by atoms with Gasteiger partial charge in [0.1, 0.15) is 16.8 Å². The molecule has 0 radical (unpaired) electrons. The van der Waals surface area contributed by atoms with E-state index in [0.717, 1.165) is 49.6 Å². The van der Waals surface area contributed by atoms with E-state index in [1.54, 1.807) is 0 Å². The van der Waals surface area contributed by atoms with Crippen molar-refractivity contribution in [1.29, 1.82) is 0 Å². The average Bonchev–Trinajstić information content (AvgIpc) is 2.39. The van der Waals surface area contributed by atoms with Crippen molar-refractivity contribution in [2.75, 3.05) is 25.5 Å². The van der Waals surface area contributed by atoms with Crippen LogP contribution in [-0.2, 0) is 6.42 Å². The van der Waals surface area contributed by atoms with Gasteiger partial charge >= 0.3 is 0 Å². The molecule has 20 heavy (non-hydrogen) atoms. The molecule has 0 unspecified atom stereocenters. The third-order valence-electron chi connectivity index (χ3n) is 3.47. The summed E-state index contributed by atoms with van der Waals surface area (Å²) in [4.78, 5) is 11.2. The molecule has 0 saturated carbocycles. The molecule has 4 nitrogen and oxygen atoms in total. The fraction of sp³-hybridized carbons (Fsp3) is 0.733. The third kappa shape index (κ3) is 5.25. The van der Waals surface area contributed by atoms with Crippen molar-refractivity contribution in [2.45, 2.75) is 53.0 Å². The van der Waals surface area contributed by atoms with Crippen molar-refractivity contribution in [1.82, 2.24) is 14.9 Å². The minimum Gasteiger partial charge on any atom is -0.370 e. The second-order valence-corrected chi connectivity index (χ2v) is 5.87. The van der Waals surface area contributed by atoms with E-state index in [0.29, 0.717) is 11.2 Å². The Kier molecular flexibility index (Phi) is 7.24. The van der Waals surface area contributed by atoms with E-state index in [2.05, 4.69) is 48.0 Å². The Bertz CT molecular complexity index is 421. The number of nitrogens with zero attached hydrogens (tertiary/aromatic N) is 3. The molecule has 0 atom stereocenters. The molecule has 5 heteroatoms. The van der Waals surface area contributed by atoms with Crippen LogP contribution in [0.25, 0.3) is 0 Å². The molecule has 0 aliphatic rings. The molecule has 1 rings (SSSR count). The standard InChI is InChI=1S/C15H27ClN4/c1-6-8-13-18-14(16)12(4)15(19-13)17-9-7-10-20(5)11(2)3/h11H,6-10H2,1-5H3,(H,17,18,19). The lowest BCUT2D eigenvalue weighted by Gasteiger charge is -2.21. The number of hydrogen-bond donors (Lipinski definition) is 1. The second kappa shape index (κ2) is 8.42.